The van der Waals surface area contributed by atoms with Gasteiger partial charge in [0.1, 0.15) is 0 Å². The summed E-state index contributed by atoms with van der Waals surface area (Å²) in [6.45, 7) is 8.59. The number of carbonyl (C=O) groups is 2. The molecule has 0 bridgehead atoms. The molecule has 26 heavy (non-hydrogen) atoms. The number of benzene rings is 1. The summed E-state index contributed by atoms with van der Waals surface area (Å²) < 4.78 is 0. The second-order valence-corrected chi connectivity index (χ2v) is 8.31. The van der Waals surface area contributed by atoms with Crippen LogP contribution in [0.3, 0.4) is 0 Å². The van der Waals surface area contributed by atoms with Gasteiger partial charge in [0.05, 0.1) is 0 Å². The predicted molar refractivity (Wildman–Crippen MR) is 105 cm³/mol. The SMILES string of the molecule is CN(C(=O)C(=O)NC(C)(C)C)C1CCCN(CCCc2ccccc2)C1. The molecule has 1 aromatic rings. The van der Waals surface area contributed by atoms with E-state index in [1.54, 1.807) is 11.9 Å². The van der Waals surface area contributed by atoms with E-state index >= 15 is 0 Å². The Balaban J connectivity index is 1.81. The minimum absolute atomic E-state index is 0.110. The third-order valence-electron chi connectivity index (χ3n) is 4.81. The van der Waals surface area contributed by atoms with E-state index in [-0.39, 0.29) is 6.04 Å². The van der Waals surface area contributed by atoms with E-state index in [0.717, 1.165) is 45.3 Å². The molecule has 1 fully saturated rings. The number of piperidine rings is 1. The Morgan fingerprint density at radius 1 is 1.23 bits per heavy atom. The monoisotopic (exact) mass is 359 g/mol. The van der Waals surface area contributed by atoms with Gasteiger partial charge in [0, 0.05) is 25.2 Å². The van der Waals surface area contributed by atoms with Gasteiger partial charge in [-0.2, -0.15) is 0 Å². The van der Waals surface area contributed by atoms with Crippen molar-refractivity contribution in [3.8, 4) is 0 Å². The summed E-state index contributed by atoms with van der Waals surface area (Å²) >= 11 is 0. The molecular formula is C21H33N3O2. The molecule has 1 atom stereocenters. The Hall–Kier alpha value is -1.88. The van der Waals surface area contributed by atoms with Crippen LogP contribution in [0.1, 0.15) is 45.6 Å². The van der Waals surface area contributed by atoms with Crippen molar-refractivity contribution in [2.24, 2.45) is 0 Å². The molecule has 0 radical (unpaired) electrons. The molecule has 0 aliphatic carbocycles. The maximum Gasteiger partial charge on any atom is 0.311 e. The van der Waals surface area contributed by atoms with Crippen molar-refractivity contribution < 1.29 is 9.59 Å². The van der Waals surface area contributed by atoms with Gasteiger partial charge in [0.15, 0.2) is 0 Å². The fourth-order valence-electron chi connectivity index (χ4n) is 3.42. The van der Waals surface area contributed by atoms with Crippen LogP contribution < -0.4 is 5.32 Å². The van der Waals surface area contributed by atoms with E-state index in [9.17, 15) is 9.59 Å². The molecule has 2 amide bonds. The number of hydrogen-bond donors (Lipinski definition) is 1. The first-order chi connectivity index (χ1) is 12.3. The molecule has 1 aliphatic heterocycles. The van der Waals surface area contributed by atoms with Crippen molar-refractivity contribution >= 4 is 11.8 Å². The second-order valence-electron chi connectivity index (χ2n) is 8.31. The molecule has 0 spiro atoms. The zero-order valence-electron chi connectivity index (χ0n) is 16.6. The van der Waals surface area contributed by atoms with Crippen LogP contribution in [0, 0.1) is 0 Å². The second kappa shape index (κ2) is 9.17. The summed E-state index contributed by atoms with van der Waals surface area (Å²) in [4.78, 5) is 28.6. The first-order valence-corrected chi connectivity index (χ1v) is 9.62. The predicted octanol–water partition coefficient (Wildman–Crippen LogP) is 2.46. The number of likely N-dealkylation sites (N-methyl/N-ethyl adjacent to an activating group) is 1. The van der Waals surface area contributed by atoms with E-state index in [1.165, 1.54) is 5.56 Å². The summed E-state index contributed by atoms with van der Waals surface area (Å²) in [7, 11) is 1.75. The van der Waals surface area contributed by atoms with Crippen LogP contribution in [-0.2, 0) is 16.0 Å². The number of nitrogens with one attached hydrogen (secondary N) is 1. The van der Waals surface area contributed by atoms with Gasteiger partial charge in [-0.05, 0) is 65.1 Å². The normalized spacial score (nSPS) is 18.4. The molecule has 0 aromatic heterocycles. The number of amides is 2. The van der Waals surface area contributed by atoms with Crippen LogP contribution in [0.4, 0.5) is 0 Å². The molecule has 5 nitrogen and oxygen atoms in total. The van der Waals surface area contributed by atoms with Crippen LogP contribution in [0.2, 0.25) is 0 Å². The molecule has 1 heterocycles. The number of nitrogens with zero attached hydrogens (tertiary/aromatic N) is 2. The van der Waals surface area contributed by atoms with E-state index in [2.05, 4.69) is 34.5 Å². The van der Waals surface area contributed by atoms with Crippen LogP contribution >= 0.6 is 0 Å². The van der Waals surface area contributed by atoms with Gasteiger partial charge in [0.2, 0.25) is 0 Å². The Morgan fingerprint density at radius 3 is 2.58 bits per heavy atom. The van der Waals surface area contributed by atoms with Crippen molar-refractivity contribution in [1.82, 2.24) is 15.1 Å². The highest BCUT2D eigenvalue weighted by molar-refractivity contribution is 6.35. The summed E-state index contributed by atoms with van der Waals surface area (Å²) in [6.07, 6.45) is 4.21. The Morgan fingerprint density at radius 2 is 1.92 bits per heavy atom. The number of hydrogen-bond acceptors (Lipinski definition) is 3. The first kappa shape index (κ1) is 20.4. The summed E-state index contributed by atoms with van der Waals surface area (Å²) in [5.41, 5.74) is 0.969. The van der Waals surface area contributed by atoms with Crippen molar-refractivity contribution in [1.29, 1.82) is 0 Å². The average molecular weight is 360 g/mol. The molecule has 144 valence electrons. The third kappa shape index (κ3) is 6.45. The first-order valence-electron chi connectivity index (χ1n) is 9.62. The highest BCUT2D eigenvalue weighted by Crippen LogP contribution is 2.16. The molecule has 5 heteroatoms. The van der Waals surface area contributed by atoms with Crippen LogP contribution in [0.5, 0.6) is 0 Å². The van der Waals surface area contributed by atoms with Crippen LogP contribution in [0.15, 0.2) is 30.3 Å². The minimum atomic E-state index is -0.513. The largest absolute Gasteiger partial charge is 0.343 e. The van der Waals surface area contributed by atoms with Gasteiger partial charge in [-0.1, -0.05) is 30.3 Å². The lowest BCUT2D eigenvalue weighted by atomic mass is 10.0. The van der Waals surface area contributed by atoms with Crippen molar-refractivity contribution in [2.75, 3.05) is 26.7 Å². The van der Waals surface area contributed by atoms with Crippen LogP contribution in [0.25, 0.3) is 0 Å². The number of likely N-dealkylation sites (tertiary alicyclic amines) is 1. The summed E-state index contributed by atoms with van der Waals surface area (Å²) in [5, 5.41) is 2.76. The van der Waals surface area contributed by atoms with Crippen molar-refractivity contribution in [3.05, 3.63) is 35.9 Å². The number of rotatable bonds is 5. The lowest BCUT2D eigenvalue weighted by Crippen LogP contribution is -2.54. The minimum Gasteiger partial charge on any atom is -0.343 e. The Bertz CT molecular complexity index is 595. The topological polar surface area (TPSA) is 52.7 Å². The summed E-state index contributed by atoms with van der Waals surface area (Å²) in [6, 6.07) is 10.6. The molecule has 2 rings (SSSR count). The molecule has 1 aliphatic rings. The van der Waals surface area contributed by atoms with E-state index in [0.29, 0.717) is 0 Å². The number of carbonyl (C=O) groups excluding carboxylic acids is 2. The van der Waals surface area contributed by atoms with Gasteiger partial charge in [-0.25, -0.2) is 0 Å². The van der Waals surface area contributed by atoms with Crippen LogP contribution in [-0.4, -0.2) is 59.9 Å². The average Bonchev–Trinajstić information content (AvgIpc) is 2.60. The zero-order valence-corrected chi connectivity index (χ0v) is 16.6. The Labute approximate surface area is 157 Å². The summed E-state index contributed by atoms with van der Waals surface area (Å²) in [5.74, 6) is -0.947. The highest BCUT2D eigenvalue weighted by Gasteiger charge is 2.30. The molecule has 1 unspecified atom stereocenters. The van der Waals surface area contributed by atoms with Gasteiger partial charge in [-0.3, -0.25) is 9.59 Å². The van der Waals surface area contributed by atoms with E-state index in [4.69, 9.17) is 0 Å². The maximum atomic E-state index is 12.4. The quantitative estimate of drug-likeness (QED) is 0.822. The lowest BCUT2D eigenvalue weighted by molar-refractivity contribution is -0.147. The highest BCUT2D eigenvalue weighted by atomic mass is 16.2. The molecule has 1 saturated heterocycles. The zero-order chi connectivity index (χ0) is 19.2. The Kier molecular flexibility index (Phi) is 7.21. The van der Waals surface area contributed by atoms with Crippen molar-refractivity contribution in [2.45, 2.75) is 58.0 Å². The maximum absolute atomic E-state index is 12.4. The molecule has 1 N–H and O–H groups in total. The fraction of sp³-hybridized carbons (Fsp3) is 0.619. The standard InChI is InChI=1S/C21H33N3O2/c1-21(2,3)22-19(25)20(26)23(4)18-13-9-15-24(16-18)14-8-12-17-10-6-5-7-11-17/h5-7,10-11,18H,8-9,12-16H2,1-4H3,(H,22,25). The van der Waals surface area contributed by atoms with Gasteiger partial charge < -0.3 is 15.1 Å². The van der Waals surface area contributed by atoms with Gasteiger partial charge in [0.25, 0.3) is 0 Å². The van der Waals surface area contributed by atoms with Gasteiger partial charge in [-0.15, -0.1) is 0 Å². The van der Waals surface area contributed by atoms with Gasteiger partial charge >= 0.3 is 11.8 Å². The third-order valence-corrected chi connectivity index (χ3v) is 4.81. The lowest BCUT2D eigenvalue weighted by Gasteiger charge is -2.37. The molecule has 0 saturated carbocycles. The smallest absolute Gasteiger partial charge is 0.311 e. The van der Waals surface area contributed by atoms with E-state index < -0.39 is 17.4 Å². The van der Waals surface area contributed by atoms with E-state index in [1.807, 2.05) is 26.8 Å². The van der Waals surface area contributed by atoms with Crippen molar-refractivity contribution in [3.63, 3.8) is 0 Å². The molecule has 1 aromatic carbocycles. The number of aryl methyl sites for hydroxylation is 1. The molecular weight excluding hydrogens is 326 g/mol. The fourth-order valence-corrected chi connectivity index (χ4v) is 3.42.